The van der Waals surface area contributed by atoms with E-state index in [1.807, 2.05) is 12.3 Å². The summed E-state index contributed by atoms with van der Waals surface area (Å²) in [6.07, 6.45) is 14.5. The van der Waals surface area contributed by atoms with Gasteiger partial charge in [-0.2, -0.15) is 0 Å². The number of rotatable bonds is 11. The molecule has 0 amide bonds. The molecule has 1 aromatic rings. The zero-order chi connectivity index (χ0) is 20.2. The molecule has 1 aliphatic rings. The van der Waals surface area contributed by atoms with Crippen molar-refractivity contribution in [3.8, 4) is 0 Å². The predicted octanol–water partition coefficient (Wildman–Crippen LogP) is 7.05. The summed E-state index contributed by atoms with van der Waals surface area (Å²) in [7, 11) is 0. The topological polar surface area (TPSA) is 27.6 Å². The molecule has 1 heterocycles. The van der Waals surface area contributed by atoms with E-state index in [0.29, 0.717) is 0 Å². The first-order chi connectivity index (χ1) is 13.7. The Morgan fingerprint density at radius 2 is 1.89 bits per heavy atom. The highest BCUT2D eigenvalue weighted by atomic mass is 32.2. The Balaban J connectivity index is 2.04. The van der Waals surface area contributed by atoms with Gasteiger partial charge in [0, 0.05) is 42.0 Å². The highest BCUT2D eigenvalue weighted by Crippen LogP contribution is 2.28. The van der Waals surface area contributed by atoms with Crippen LogP contribution in [-0.2, 0) is 0 Å². The third kappa shape index (κ3) is 6.75. The molecule has 1 N–H and O–H groups in total. The van der Waals surface area contributed by atoms with Gasteiger partial charge < -0.3 is 9.62 Å². The second kappa shape index (κ2) is 12.3. The van der Waals surface area contributed by atoms with Crippen LogP contribution in [0.15, 0.2) is 70.7 Å². The second-order valence-electron chi connectivity index (χ2n) is 6.75. The lowest BCUT2D eigenvalue weighted by Crippen LogP contribution is -2.23. The third-order valence-electron chi connectivity index (χ3n) is 4.42. The minimum atomic E-state index is 0.873. The van der Waals surface area contributed by atoms with Crippen molar-refractivity contribution in [2.75, 3.05) is 17.8 Å². The van der Waals surface area contributed by atoms with E-state index in [4.69, 9.17) is 0 Å². The molecule has 3 nitrogen and oxygen atoms in total. The lowest BCUT2D eigenvalue weighted by molar-refractivity contribution is 0.397. The first kappa shape index (κ1) is 22.1. The Bertz CT molecular complexity index is 736. The van der Waals surface area contributed by atoms with Crippen molar-refractivity contribution in [2.45, 2.75) is 46.5 Å². The SMILES string of the molecule is C=C(c1ccc(NSC(/C=C\CC)=C2/CC=CC=N2)cc1)N(CCC)CCC. The Morgan fingerprint density at radius 1 is 1.18 bits per heavy atom. The maximum absolute atomic E-state index is 4.53. The van der Waals surface area contributed by atoms with Crippen LogP contribution < -0.4 is 4.72 Å². The van der Waals surface area contributed by atoms with E-state index in [0.717, 1.165) is 60.8 Å². The van der Waals surface area contributed by atoms with E-state index in [9.17, 15) is 0 Å². The monoisotopic (exact) mass is 395 g/mol. The number of anilines is 1. The summed E-state index contributed by atoms with van der Waals surface area (Å²) < 4.78 is 3.46. The maximum atomic E-state index is 4.53. The summed E-state index contributed by atoms with van der Waals surface area (Å²) in [6.45, 7) is 13.0. The Morgan fingerprint density at radius 3 is 2.46 bits per heavy atom. The van der Waals surface area contributed by atoms with Crippen LogP contribution in [0.2, 0.25) is 0 Å². The fourth-order valence-corrected chi connectivity index (χ4v) is 3.74. The van der Waals surface area contributed by atoms with Crippen molar-refractivity contribution in [1.82, 2.24) is 4.90 Å². The molecule has 0 bridgehead atoms. The first-order valence-corrected chi connectivity index (χ1v) is 11.1. The molecule has 0 unspecified atom stereocenters. The van der Waals surface area contributed by atoms with Crippen LogP contribution in [-0.4, -0.2) is 24.2 Å². The summed E-state index contributed by atoms with van der Waals surface area (Å²) >= 11 is 1.62. The number of aliphatic imine (C=N–C) groups is 1. The number of benzene rings is 1. The molecular weight excluding hydrogens is 362 g/mol. The highest BCUT2D eigenvalue weighted by molar-refractivity contribution is 8.04. The number of hydrogen-bond donors (Lipinski definition) is 1. The molecule has 0 spiro atoms. The van der Waals surface area contributed by atoms with Crippen molar-refractivity contribution in [2.24, 2.45) is 4.99 Å². The van der Waals surface area contributed by atoms with E-state index in [1.165, 1.54) is 5.56 Å². The number of hydrogen-bond acceptors (Lipinski definition) is 4. The van der Waals surface area contributed by atoms with E-state index in [1.54, 1.807) is 11.9 Å². The van der Waals surface area contributed by atoms with Gasteiger partial charge in [0.1, 0.15) is 0 Å². The van der Waals surface area contributed by atoms with E-state index in [-0.39, 0.29) is 0 Å². The first-order valence-electron chi connectivity index (χ1n) is 10.3. The zero-order valence-corrected chi connectivity index (χ0v) is 18.3. The smallest absolute Gasteiger partial charge is 0.0594 e. The second-order valence-corrected chi connectivity index (χ2v) is 7.60. The van der Waals surface area contributed by atoms with Gasteiger partial charge in [0.2, 0.25) is 0 Å². The molecule has 0 saturated carbocycles. The molecule has 1 aromatic carbocycles. The van der Waals surface area contributed by atoms with Crippen molar-refractivity contribution in [3.05, 3.63) is 71.3 Å². The van der Waals surface area contributed by atoms with Gasteiger partial charge in [0.25, 0.3) is 0 Å². The largest absolute Gasteiger partial charge is 0.372 e. The summed E-state index contributed by atoms with van der Waals surface area (Å²) in [5.74, 6) is 0. The average Bonchev–Trinajstić information content (AvgIpc) is 2.74. The quantitative estimate of drug-likeness (QED) is 0.407. The van der Waals surface area contributed by atoms with Crippen LogP contribution in [0.5, 0.6) is 0 Å². The molecular formula is C24H33N3S. The van der Waals surface area contributed by atoms with Gasteiger partial charge in [0.05, 0.1) is 5.70 Å². The Labute approximate surface area is 175 Å². The van der Waals surface area contributed by atoms with Crippen LogP contribution in [0.3, 0.4) is 0 Å². The predicted molar refractivity (Wildman–Crippen MR) is 128 cm³/mol. The standard InChI is InChI=1S/C24H33N3S/c1-5-8-12-24(23-11-9-10-17-25-23)28-26-22-15-13-21(14-16-22)20(4)27(18-6-2)19-7-3/h8-10,12-17,26H,4-7,11,18-19H2,1-3H3/b12-8-,24-23-. The van der Waals surface area contributed by atoms with Crippen LogP contribution >= 0.6 is 11.9 Å². The third-order valence-corrected chi connectivity index (χ3v) is 5.35. The van der Waals surface area contributed by atoms with Crippen molar-refractivity contribution in [3.63, 3.8) is 0 Å². The van der Waals surface area contributed by atoms with Gasteiger partial charge in [-0.1, -0.05) is 51.6 Å². The molecule has 0 atom stereocenters. The van der Waals surface area contributed by atoms with Gasteiger partial charge in [-0.05, 0) is 61.1 Å². The zero-order valence-electron chi connectivity index (χ0n) is 17.4. The fraction of sp³-hybridized carbons (Fsp3) is 0.375. The lowest BCUT2D eigenvalue weighted by Gasteiger charge is -2.26. The lowest BCUT2D eigenvalue weighted by atomic mass is 10.1. The Kier molecular flexibility index (Phi) is 9.70. The van der Waals surface area contributed by atoms with Gasteiger partial charge in [0.15, 0.2) is 0 Å². The summed E-state index contributed by atoms with van der Waals surface area (Å²) in [5.41, 5.74) is 4.48. The summed E-state index contributed by atoms with van der Waals surface area (Å²) in [5, 5.41) is 0. The normalized spacial score (nSPS) is 15.1. The number of nitrogens with one attached hydrogen (secondary N) is 1. The van der Waals surface area contributed by atoms with Crippen molar-refractivity contribution >= 4 is 29.5 Å². The number of dihydropyridines is 1. The molecule has 0 aliphatic carbocycles. The van der Waals surface area contributed by atoms with Crippen LogP contribution in [0.25, 0.3) is 5.70 Å². The van der Waals surface area contributed by atoms with Crippen LogP contribution in [0, 0.1) is 0 Å². The van der Waals surface area contributed by atoms with Gasteiger partial charge in [-0.3, -0.25) is 4.99 Å². The average molecular weight is 396 g/mol. The van der Waals surface area contributed by atoms with Gasteiger partial charge in [-0.15, -0.1) is 0 Å². The van der Waals surface area contributed by atoms with Gasteiger partial charge in [-0.25, -0.2) is 0 Å². The van der Waals surface area contributed by atoms with E-state index in [2.05, 4.69) is 84.5 Å². The summed E-state index contributed by atoms with van der Waals surface area (Å²) in [4.78, 5) is 8.06. The van der Waals surface area contributed by atoms with Gasteiger partial charge >= 0.3 is 0 Å². The van der Waals surface area contributed by atoms with Crippen LogP contribution in [0.1, 0.15) is 52.0 Å². The maximum Gasteiger partial charge on any atom is 0.0594 e. The molecule has 0 radical (unpaired) electrons. The molecule has 0 saturated heterocycles. The highest BCUT2D eigenvalue weighted by Gasteiger charge is 2.09. The number of allylic oxidation sites excluding steroid dienone is 4. The molecule has 1 aliphatic heterocycles. The van der Waals surface area contributed by atoms with Crippen molar-refractivity contribution < 1.29 is 0 Å². The molecule has 0 aromatic heterocycles. The molecule has 150 valence electrons. The van der Waals surface area contributed by atoms with Crippen LogP contribution in [0.4, 0.5) is 5.69 Å². The summed E-state index contributed by atoms with van der Waals surface area (Å²) in [6, 6.07) is 8.55. The minimum absolute atomic E-state index is 0.873. The van der Waals surface area contributed by atoms with E-state index < -0.39 is 0 Å². The molecule has 4 heteroatoms. The molecule has 28 heavy (non-hydrogen) atoms. The van der Waals surface area contributed by atoms with E-state index >= 15 is 0 Å². The minimum Gasteiger partial charge on any atom is -0.372 e. The Hall–Kier alpha value is -2.20. The number of nitrogens with zero attached hydrogens (tertiary/aromatic N) is 2. The molecule has 2 rings (SSSR count). The van der Waals surface area contributed by atoms with Crippen molar-refractivity contribution in [1.29, 1.82) is 0 Å². The molecule has 0 fully saturated rings. The fourth-order valence-electron chi connectivity index (χ4n) is 2.95.